The van der Waals surface area contributed by atoms with Crippen LogP contribution in [0.3, 0.4) is 0 Å². The number of benzene rings is 1. The smallest absolute Gasteiger partial charge is 0.0936 e. The Morgan fingerprint density at radius 2 is 1.42 bits per heavy atom. The van der Waals surface area contributed by atoms with Gasteiger partial charge in [0.2, 0.25) is 0 Å². The molecule has 1 nitrogen and oxygen atoms in total. The van der Waals surface area contributed by atoms with Crippen LogP contribution in [0.1, 0.15) is 58.3 Å². The molecule has 0 spiro atoms. The first-order valence-electron chi connectivity index (χ1n) is 10.0. The summed E-state index contributed by atoms with van der Waals surface area (Å²) < 4.78 is 0. The fourth-order valence-electron chi connectivity index (χ4n) is 4.60. The molecule has 0 aliphatic heterocycles. The molecule has 2 aliphatic rings. The van der Waals surface area contributed by atoms with Crippen LogP contribution in [0.25, 0.3) is 0 Å². The van der Waals surface area contributed by atoms with Gasteiger partial charge in [-0.25, -0.2) is 0 Å². The summed E-state index contributed by atoms with van der Waals surface area (Å²) in [5, 5.41) is 1.61. The molecule has 2 aliphatic carbocycles. The molecule has 0 amide bonds. The third-order valence-corrected chi connectivity index (χ3v) is 10.4. The Morgan fingerprint density at radius 1 is 0.875 bits per heavy atom. The van der Waals surface area contributed by atoms with Gasteiger partial charge in [-0.3, -0.25) is 0 Å². The molecular formula is C22H39NP+. The Morgan fingerprint density at radius 3 is 1.92 bits per heavy atom. The van der Waals surface area contributed by atoms with Gasteiger partial charge in [-0.15, -0.1) is 0 Å². The van der Waals surface area contributed by atoms with Crippen LogP contribution in [0.15, 0.2) is 30.3 Å². The Labute approximate surface area is 151 Å². The van der Waals surface area contributed by atoms with Crippen LogP contribution in [0.4, 0.5) is 0 Å². The van der Waals surface area contributed by atoms with Gasteiger partial charge >= 0.3 is 0 Å². The van der Waals surface area contributed by atoms with E-state index in [-0.39, 0.29) is 0 Å². The van der Waals surface area contributed by atoms with E-state index in [0.29, 0.717) is 6.04 Å². The summed E-state index contributed by atoms with van der Waals surface area (Å²) in [4.78, 5) is 2.41. The van der Waals surface area contributed by atoms with E-state index in [2.05, 4.69) is 69.6 Å². The predicted molar refractivity (Wildman–Crippen MR) is 112 cm³/mol. The molecule has 0 N–H and O–H groups in total. The average molecular weight is 349 g/mol. The maximum Gasteiger partial charge on any atom is 0.0936 e. The second kappa shape index (κ2) is 9.35. The molecule has 0 aromatic heterocycles. The van der Waals surface area contributed by atoms with Crippen LogP contribution in [-0.2, 0) is 0 Å². The van der Waals surface area contributed by atoms with Gasteiger partial charge in [-0.05, 0) is 52.4 Å². The molecule has 2 saturated carbocycles. The number of rotatable bonds is 4. The quantitative estimate of drug-likeness (QED) is 0.635. The monoisotopic (exact) mass is 348 g/mol. The van der Waals surface area contributed by atoms with Crippen molar-refractivity contribution in [3.63, 3.8) is 0 Å². The van der Waals surface area contributed by atoms with E-state index in [1.165, 1.54) is 51.4 Å². The third-order valence-electron chi connectivity index (χ3n) is 6.47. The Hall–Kier alpha value is -0.390. The van der Waals surface area contributed by atoms with E-state index in [1.807, 2.05) is 0 Å². The zero-order chi connectivity index (χ0) is 17.6. The second-order valence-corrected chi connectivity index (χ2v) is 12.8. The minimum Gasteiger partial charge on any atom is -0.306 e. The molecule has 2 fully saturated rings. The first-order valence-corrected chi connectivity index (χ1v) is 12.8. The highest BCUT2D eigenvalue weighted by atomic mass is 31.2. The topological polar surface area (TPSA) is 3.24 Å². The van der Waals surface area contributed by atoms with Gasteiger partial charge in [-0.1, -0.05) is 50.3 Å². The zero-order valence-corrected chi connectivity index (χ0v) is 17.6. The molecule has 1 aromatic rings. The molecule has 2 unspecified atom stereocenters. The molecule has 2 heteroatoms. The van der Waals surface area contributed by atoms with Gasteiger partial charge in [0.1, 0.15) is 0 Å². The van der Waals surface area contributed by atoms with E-state index in [1.54, 1.807) is 5.30 Å². The molecule has 3 atom stereocenters. The van der Waals surface area contributed by atoms with Crippen LogP contribution >= 0.6 is 7.26 Å². The predicted octanol–water partition coefficient (Wildman–Crippen LogP) is 5.66. The average Bonchev–Trinajstić information content (AvgIpc) is 3.29. The van der Waals surface area contributed by atoms with Gasteiger partial charge in [0.05, 0.1) is 24.3 Å². The Kier molecular flexibility index (Phi) is 7.76. The molecule has 0 bridgehead atoms. The lowest BCUT2D eigenvalue weighted by Gasteiger charge is -2.35. The van der Waals surface area contributed by atoms with E-state index < -0.39 is 7.26 Å². The summed E-state index contributed by atoms with van der Waals surface area (Å²) in [6.45, 7) is 7.51. The molecule has 24 heavy (non-hydrogen) atoms. The van der Waals surface area contributed by atoms with Gasteiger partial charge in [-0.2, -0.15) is 0 Å². The fraction of sp³-hybridized carbons (Fsp3) is 0.727. The van der Waals surface area contributed by atoms with Crippen LogP contribution in [0.5, 0.6) is 0 Å². The highest BCUT2D eigenvalue weighted by molar-refractivity contribution is 7.82. The van der Waals surface area contributed by atoms with Crippen molar-refractivity contribution >= 4 is 12.6 Å². The number of hydrogen-bond donors (Lipinski definition) is 0. The van der Waals surface area contributed by atoms with Gasteiger partial charge in [0.15, 0.2) is 0 Å². The van der Waals surface area contributed by atoms with Crippen LogP contribution < -0.4 is 5.30 Å². The first kappa shape index (κ1) is 19.9. The summed E-state index contributed by atoms with van der Waals surface area (Å²) in [6, 6.07) is 12.0. The minimum atomic E-state index is -1.02. The summed E-state index contributed by atoms with van der Waals surface area (Å²) in [6.07, 6.45) is 11.8. The van der Waals surface area contributed by atoms with Crippen LogP contribution in [0.2, 0.25) is 0 Å². The van der Waals surface area contributed by atoms with Crippen molar-refractivity contribution in [2.45, 2.75) is 70.0 Å². The van der Waals surface area contributed by atoms with Crippen molar-refractivity contribution in [1.82, 2.24) is 4.90 Å². The number of nitrogens with zero attached hydrogens (tertiary/aromatic N) is 1. The van der Waals surface area contributed by atoms with E-state index >= 15 is 0 Å². The lowest BCUT2D eigenvalue weighted by molar-refractivity contribution is 0.232. The molecule has 0 heterocycles. The number of hydrogen-bond acceptors (Lipinski definition) is 1. The van der Waals surface area contributed by atoms with Gasteiger partial charge in [0.25, 0.3) is 0 Å². The largest absolute Gasteiger partial charge is 0.306 e. The van der Waals surface area contributed by atoms with E-state index in [4.69, 9.17) is 0 Å². The highest BCUT2D eigenvalue weighted by Crippen LogP contribution is 2.62. The van der Waals surface area contributed by atoms with Crippen molar-refractivity contribution in [2.75, 3.05) is 27.4 Å². The minimum absolute atomic E-state index is 0.704. The normalized spacial score (nSPS) is 25.4. The molecule has 0 saturated heterocycles. The van der Waals surface area contributed by atoms with Crippen molar-refractivity contribution in [2.24, 2.45) is 5.92 Å². The lowest BCUT2D eigenvalue weighted by Crippen LogP contribution is -2.38. The molecule has 0 radical (unpaired) electrons. The van der Waals surface area contributed by atoms with E-state index in [9.17, 15) is 0 Å². The SMILES string of the molecule is C1CCCC1.C[C@H](C1CCCC1[P+](C)(C)c1ccccc1)N(C)C. The van der Waals surface area contributed by atoms with Crippen molar-refractivity contribution in [1.29, 1.82) is 0 Å². The fourth-order valence-corrected chi connectivity index (χ4v) is 8.11. The van der Waals surface area contributed by atoms with Crippen molar-refractivity contribution in [3.8, 4) is 0 Å². The third kappa shape index (κ3) is 5.06. The Balaban J connectivity index is 0.000000355. The standard InChI is InChI=1S/C17H29NP.C5H10/c1-14(18(2)3)16-12-9-13-17(16)19(4,5)15-10-7-6-8-11-15;1-2-4-5-3-1/h6-8,10-11,14,16-17H,9,12-13H2,1-5H3;1-5H2/q+1;/t14-,16?,17?;/m1./s1. The second-order valence-electron chi connectivity index (χ2n) is 8.51. The maximum absolute atomic E-state index is 2.55. The van der Waals surface area contributed by atoms with Crippen LogP contribution in [0, 0.1) is 5.92 Å². The molecular weight excluding hydrogens is 309 g/mol. The summed E-state index contributed by atoms with van der Waals surface area (Å²) in [7, 11) is 3.44. The van der Waals surface area contributed by atoms with Gasteiger partial charge in [0, 0.05) is 19.2 Å². The summed E-state index contributed by atoms with van der Waals surface area (Å²) in [5.41, 5.74) is 0.910. The Bertz CT molecular complexity index is 457. The lowest BCUT2D eigenvalue weighted by atomic mass is 9.98. The van der Waals surface area contributed by atoms with Crippen molar-refractivity contribution < 1.29 is 0 Å². The van der Waals surface area contributed by atoms with Crippen molar-refractivity contribution in [3.05, 3.63) is 30.3 Å². The molecule has 3 rings (SSSR count). The molecule has 1 aromatic carbocycles. The van der Waals surface area contributed by atoms with E-state index in [0.717, 1.165) is 11.6 Å². The highest BCUT2D eigenvalue weighted by Gasteiger charge is 2.47. The first-order chi connectivity index (χ1) is 11.4. The van der Waals surface area contributed by atoms with Gasteiger partial charge < -0.3 is 4.90 Å². The van der Waals surface area contributed by atoms with Crippen LogP contribution in [-0.4, -0.2) is 44.0 Å². The molecule has 136 valence electrons. The summed E-state index contributed by atoms with van der Waals surface area (Å²) in [5.74, 6) is 0.874. The zero-order valence-electron chi connectivity index (χ0n) is 16.7. The maximum atomic E-state index is 2.55. The summed E-state index contributed by atoms with van der Waals surface area (Å²) >= 11 is 0.